The Kier molecular flexibility index (Phi) is 5.77. The third-order valence-corrected chi connectivity index (χ3v) is 3.76. The summed E-state index contributed by atoms with van der Waals surface area (Å²) in [5.41, 5.74) is 0.588. The van der Waals surface area contributed by atoms with Crippen LogP contribution in [0.1, 0.15) is 52.9 Å². The molecule has 0 aromatic carbocycles. The van der Waals surface area contributed by atoms with E-state index in [1.165, 1.54) is 45.2 Å². The quantitative estimate of drug-likeness (QED) is 0.749. The van der Waals surface area contributed by atoms with Crippen molar-refractivity contribution >= 4 is 0 Å². The van der Waals surface area contributed by atoms with Crippen LogP contribution in [0.15, 0.2) is 0 Å². The molecule has 1 rings (SSSR count). The molecule has 1 N–H and O–H groups in total. The molecule has 0 aromatic rings. The van der Waals surface area contributed by atoms with Gasteiger partial charge in [0, 0.05) is 25.7 Å². The van der Waals surface area contributed by atoms with Crippen molar-refractivity contribution in [3.05, 3.63) is 0 Å². The highest BCUT2D eigenvalue weighted by Gasteiger charge is 2.27. The van der Waals surface area contributed by atoms with E-state index in [0.29, 0.717) is 11.5 Å². The van der Waals surface area contributed by atoms with Gasteiger partial charge in [-0.15, -0.1) is 0 Å². The highest BCUT2D eigenvalue weighted by atomic mass is 15.1. The van der Waals surface area contributed by atoms with Gasteiger partial charge in [-0.1, -0.05) is 40.0 Å². The predicted molar refractivity (Wildman–Crippen MR) is 71.8 cm³/mol. The normalized spacial score (nSPS) is 20.6. The first-order valence-electron chi connectivity index (χ1n) is 6.94. The maximum absolute atomic E-state index is 3.48. The minimum absolute atomic E-state index is 0.588. The maximum Gasteiger partial charge on any atom is 0.0104 e. The molecular weight excluding hydrogens is 196 g/mol. The molecule has 0 aliphatic heterocycles. The molecule has 2 heteroatoms. The summed E-state index contributed by atoms with van der Waals surface area (Å²) in [7, 11) is 2.27. The van der Waals surface area contributed by atoms with E-state index >= 15 is 0 Å². The van der Waals surface area contributed by atoms with Crippen molar-refractivity contribution in [3.8, 4) is 0 Å². The van der Waals surface area contributed by atoms with E-state index in [0.717, 1.165) is 6.54 Å². The average Bonchev–Trinajstić information content (AvgIpc) is 2.17. The zero-order chi connectivity index (χ0) is 12.0. The summed E-state index contributed by atoms with van der Waals surface area (Å²) in [5, 5.41) is 3.48. The maximum atomic E-state index is 3.48. The van der Waals surface area contributed by atoms with E-state index in [1.54, 1.807) is 0 Å². The third-order valence-electron chi connectivity index (χ3n) is 3.76. The standard InChI is InChI=1S/C14H30N2/c1-13(2)15-10-11-16(4)12-14(3)8-6-5-7-9-14/h13,15H,5-12H2,1-4H3. The number of nitrogens with one attached hydrogen (secondary N) is 1. The molecular formula is C14H30N2. The first kappa shape index (κ1) is 14.0. The number of rotatable bonds is 6. The molecule has 1 aliphatic rings. The molecule has 0 spiro atoms. The van der Waals surface area contributed by atoms with E-state index in [-0.39, 0.29) is 0 Å². The van der Waals surface area contributed by atoms with Gasteiger partial charge in [-0.3, -0.25) is 0 Å². The van der Waals surface area contributed by atoms with Gasteiger partial charge in [0.15, 0.2) is 0 Å². The van der Waals surface area contributed by atoms with Crippen molar-refractivity contribution in [2.75, 3.05) is 26.7 Å². The Morgan fingerprint density at radius 3 is 2.38 bits per heavy atom. The van der Waals surface area contributed by atoms with E-state index in [9.17, 15) is 0 Å². The first-order chi connectivity index (χ1) is 7.52. The lowest BCUT2D eigenvalue weighted by Gasteiger charge is -2.37. The molecule has 0 radical (unpaired) electrons. The van der Waals surface area contributed by atoms with Gasteiger partial charge in [0.1, 0.15) is 0 Å². The Morgan fingerprint density at radius 2 is 1.81 bits per heavy atom. The second-order valence-corrected chi connectivity index (χ2v) is 6.22. The summed E-state index contributed by atoms with van der Waals surface area (Å²) in [5.74, 6) is 0. The highest BCUT2D eigenvalue weighted by molar-refractivity contribution is 4.81. The molecule has 0 saturated heterocycles. The Morgan fingerprint density at radius 1 is 1.19 bits per heavy atom. The minimum atomic E-state index is 0.588. The van der Waals surface area contributed by atoms with Crippen LogP contribution in [0.2, 0.25) is 0 Å². The molecule has 0 aromatic heterocycles. The zero-order valence-electron chi connectivity index (χ0n) is 11.7. The summed E-state index contributed by atoms with van der Waals surface area (Å²) in [6, 6.07) is 0.610. The van der Waals surface area contributed by atoms with Crippen LogP contribution in [-0.4, -0.2) is 37.6 Å². The lowest BCUT2D eigenvalue weighted by Crippen LogP contribution is -2.39. The van der Waals surface area contributed by atoms with Crippen LogP contribution in [0.3, 0.4) is 0 Å². The fourth-order valence-electron chi connectivity index (χ4n) is 2.84. The van der Waals surface area contributed by atoms with Gasteiger partial charge in [0.25, 0.3) is 0 Å². The molecule has 1 fully saturated rings. The molecule has 0 bridgehead atoms. The largest absolute Gasteiger partial charge is 0.313 e. The van der Waals surface area contributed by atoms with Crippen LogP contribution in [0.25, 0.3) is 0 Å². The van der Waals surface area contributed by atoms with Gasteiger partial charge >= 0.3 is 0 Å². The van der Waals surface area contributed by atoms with Gasteiger partial charge in [-0.25, -0.2) is 0 Å². The Balaban J connectivity index is 2.19. The summed E-state index contributed by atoms with van der Waals surface area (Å²) >= 11 is 0. The zero-order valence-corrected chi connectivity index (χ0v) is 11.7. The van der Waals surface area contributed by atoms with E-state index in [1.807, 2.05) is 0 Å². The van der Waals surface area contributed by atoms with Crippen molar-refractivity contribution < 1.29 is 0 Å². The number of likely N-dealkylation sites (N-methyl/N-ethyl adjacent to an activating group) is 1. The molecule has 2 nitrogen and oxygen atoms in total. The average molecular weight is 226 g/mol. The van der Waals surface area contributed by atoms with Crippen LogP contribution < -0.4 is 5.32 Å². The SMILES string of the molecule is CC(C)NCCN(C)CC1(C)CCCCC1. The number of hydrogen-bond donors (Lipinski definition) is 1. The number of nitrogens with zero attached hydrogens (tertiary/aromatic N) is 1. The van der Waals surface area contributed by atoms with Crippen LogP contribution in [0.5, 0.6) is 0 Å². The van der Waals surface area contributed by atoms with E-state index < -0.39 is 0 Å². The Labute approximate surface area is 102 Å². The van der Waals surface area contributed by atoms with Crippen LogP contribution in [-0.2, 0) is 0 Å². The monoisotopic (exact) mass is 226 g/mol. The van der Waals surface area contributed by atoms with Crippen molar-refractivity contribution in [2.24, 2.45) is 5.41 Å². The second kappa shape index (κ2) is 6.61. The fourth-order valence-corrected chi connectivity index (χ4v) is 2.84. The first-order valence-corrected chi connectivity index (χ1v) is 6.94. The summed E-state index contributed by atoms with van der Waals surface area (Å²) in [4.78, 5) is 2.50. The van der Waals surface area contributed by atoms with Crippen LogP contribution in [0.4, 0.5) is 0 Å². The topological polar surface area (TPSA) is 15.3 Å². The summed E-state index contributed by atoms with van der Waals surface area (Å²) in [6.07, 6.45) is 7.18. The molecule has 16 heavy (non-hydrogen) atoms. The third kappa shape index (κ3) is 5.31. The van der Waals surface area contributed by atoms with Gasteiger partial charge in [0.05, 0.1) is 0 Å². The van der Waals surface area contributed by atoms with Crippen molar-refractivity contribution in [1.82, 2.24) is 10.2 Å². The van der Waals surface area contributed by atoms with Gasteiger partial charge in [-0.05, 0) is 25.3 Å². The van der Waals surface area contributed by atoms with E-state index in [4.69, 9.17) is 0 Å². The molecule has 1 aliphatic carbocycles. The van der Waals surface area contributed by atoms with Crippen LogP contribution >= 0.6 is 0 Å². The van der Waals surface area contributed by atoms with Crippen molar-refractivity contribution in [3.63, 3.8) is 0 Å². The Hall–Kier alpha value is -0.0800. The molecule has 0 atom stereocenters. The minimum Gasteiger partial charge on any atom is -0.313 e. The molecule has 1 saturated carbocycles. The molecule has 0 heterocycles. The predicted octanol–water partition coefficient (Wildman–Crippen LogP) is 2.89. The second-order valence-electron chi connectivity index (χ2n) is 6.22. The van der Waals surface area contributed by atoms with E-state index in [2.05, 4.69) is 38.0 Å². The summed E-state index contributed by atoms with van der Waals surface area (Å²) < 4.78 is 0. The number of hydrogen-bond acceptors (Lipinski definition) is 2. The smallest absolute Gasteiger partial charge is 0.0104 e. The lowest BCUT2D eigenvalue weighted by atomic mass is 9.75. The summed E-state index contributed by atoms with van der Waals surface area (Å²) in [6.45, 7) is 10.5. The highest BCUT2D eigenvalue weighted by Crippen LogP contribution is 2.35. The van der Waals surface area contributed by atoms with Crippen molar-refractivity contribution in [2.45, 2.75) is 58.9 Å². The van der Waals surface area contributed by atoms with Crippen molar-refractivity contribution in [1.29, 1.82) is 0 Å². The van der Waals surface area contributed by atoms with Gasteiger partial charge in [0.2, 0.25) is 0 Å². The van der Waals surface area contributed by atoms with Crippen LogP contribution in [0, 0.1) is 5.41 Å². The van der Waals surface area contributed by atoms with Gasteiger partial charge in [-0.2, -0.15) is 0 Å². The lowest BCUT2D eigenvalue weighted by molar-refractivity contribution is 0.139. The molecule has 96 valence electrons. The molecule has 0 unspecified atom stereocenters. The fraction of sp³-hybridized carbons (Fsp3) is 1.00. The van der Waals surface area contributed by atoms with Gasteiger partial charge < -0.3 is 10.2 Å². The Bertz CT molecular complexity index is 183. The molecule has 0 amide bonds.